The first kappa shape index (κ1) is 22.5. The number of nitrogens with one attached hydrogen (secondary N) is 2. The molecule has 0 atom stereocenters. The van der Waals surface area contributed by atoms with Gasteiger partial charge in [-0.15, -0.1) is 0 Å². The Kier molecular flexibility index (Phi) is 10.1. The molecule has 1 aliphatic heterocycles. The van der Waals surface area contributed by atoms with Gasteiger partial charge in [0.05, 0.1) is 6.61 Å². The maximum Gasteiger partial charge on any atom is 0.191 e. The van der Waals surface area contributed by atoms with E-state index in [0.29, 0.717) is 6.54 Å². The Morgan fingerprint density at radius 3 is 2.64 bits per heavy atom. The monoisotopic (exact) mass is 389 g/mol. The summed E-state index contributed by atoms with van der Waals surface area (Å²) in [5, 5.41) is 6.84. The van der Waals surface area contributed by atoms with Crippen LogP contribution in [0.3, 0.4) is 0 Å². The summed E-state index contributed by atoms with van der Waals surface area (Å²) in [6, 6.07) is 6.38. The number of hydrogen-bond donors (Lipinski definition) is 2. The largest absolute Gasteiger partial charge is 0.493 e. The van der Waals surface area contributed by atoms with Gasteiger partial charge in [-0.3, -0.25) is 4.99 Å². The molecule has 0 radical (unpaired) electrons. The molecule has 6 nitrogen and oxygen atoms in total. The van der Waals surface area contributed by atoms with Crippen LogP contribution in [0.25, 0.3) is 0 Å². The number of rotatable bonds is 10. The van der Waals surface area contributed by atoms with Crippen LogP contribution < -0.4 is 15.4 Å². The summed E-state index contributed by atoms with van der Waals surface area (Å²) in [5.41, 5.74) is 2.38. The number of aliphatic imine (C=N–C) groups is 1. The van der Waals surface area contributed by atoms with Crippen LogP contribution in [0.15, 0.2) is 23.2 Å². The van der Waals surface area contributed by atoms with E-state index in [9.17, 15) is 0 Å². The van der Waals surface area contributed by atoms with Gasteiger partial charge in [0.1, 0.15) is 5.75 Å². The lowest BCUT2D eigenvalue weighted by atomic mass is 10.1. The molecule has 0 amide bonds. The normalized spacial score (nSPS) is 16.2. The number of likely N-dealkylation sites (N-methyl/N-ethyl adjacent to an activating group) is 1. The maximum absolute atomic E-state index is 5.90. The van der Waals surface area contributed by atoms with Gasteiger partial charge in [0.15, 0.2) is 5.96 Å². The SMILES string of the molecule is CCCOc1cc(C)ccc1CNC(=NC)NCCCCN1CCN(C)CC1. The van der Waals surface area contributed by atoms with Crippen LogP contribution >= 0.6 is 0 Å². The van der Waals surface area contributed by atoms with Gasteiger partial charge in [0, 0.05) is 51.9 Å². The summed E-state index contributed by atoms with van der Waals surface area (Å²) in [7, 11) is 4.03. The number of piperazine rings is 1. The molecular formula is C22H39N5O. The van der Waals surface area contributed by atoms with Gasteiger partial charge in [-0.25, -0.2) is 0 Å². The molecule has 1 saturated heterocycles. The summed E-state index contributed by atoms with van der Waals surface area (Å²) in [5.74, 6) is 1.82. The van der Waals surface area contributed by atoms with Crippen molar-refractivity contribution in [2.45, 2.75) is 39.7 Å². The lowest BCUT2D eigenvalue weighted by Gasteiger charge is -2.32. The number of nitrogens with zero attached hydrogens (tertiary/aromatic N) is 3. The van der Waals surface area contributed by atoms with Gasteiger partial charge in [0.2, 0.25) is 0 Å². The fraction of sp³-hybridized carbons (Fsp3) is 0.682. The average Bonchev–Trinajstić information content (AvgIpc) is 2.70. The fourth-order valence-electron chi connectivity index (χ4n) is 3.29. The third-order valence-corrected chi connectivity index (χ3v) is 5.14. The van der Waals surface area contributed by atoms with Crippen LogP contribution in [0.1, 0.15) is 37.3 Å². The summed E-state index contributed by atoms with van der Waals surface area (Å²) >= 11 is 0. The standard InChI is InChI=1S/C22H39N5O/c1-5-16-28-21-17-19(2)8-9-20(21)18-25-22(23-3)24-10-6-7-11-27-14-12-26(4)13-15-27/h8-9,17H,5-7,10-16,18H2,1-4H3,(H2,23,24,25). The van der Waals surface area contributed by atoms with Crippen molar-refractivity contribution in [3.63, 3.8) is 0 Å². The highest BCUT2D eigenvalue weighted by Crippen LogP contribution is 2.20. The zero-order valence-electron chi connectivity index (χ0n) is 18.3. The lowest BCUT2D eigenvalue weighted by Crippen LogP contribution is -2.44. The minimum absolute atomic E-state index is 0.709. The van der Waals surface area contributed by atoms with Gasteiger partial charge in [-0.05, 0) is 51.4 Å². The molecule has 1 aromatic rings. The van der Waals surface area contributed by atoms with Crippen LogP contribution in [0, 0.1) is 6.92 Å². The molecule has 6 heteroatoms. The second kappa shape index (κ2) is 12.6. The molecule has 158 valence electrons. The van der Waals surface area contributed by atoms with Crippen molar-refractivity contribution in [1.29, 1.82) is 0 Å². The van der Waals surface area contributed by atoms with Gasteiger partial charge >= 0.3 is 0 Å². The Bertz CT molecular complexity index is 597. The number of benzene rings is 1. The summed E-state index contributed by atoms with van der Waals surface area (Å²) in [6.07, 6.45) is 3.39. The highest BCUT2D eigenvalue weighted by atomic mass is 16.5. The Morgan fingerprint density at radius 1 is 1.14 bits per heavy atom. The lowest BCUT2D eigenvalue weighted by molar-refractivity contribution is 0.152. The van der Waals surface area contributed by atoms with E-state index in [-0.39, 0.29) is 0 Å². The summed E-state index contributed by atoms with van der Waals surface area (Å²) in [4.78, 5) is 9.32. The highest BCUT2D eigenvalue weighted by molar-refractivity contribution is 5.79. The molecule has 0 aromatic heterocycles. The highest BCUT2D eigenvalue weighted by Gasteiger charge is 2.12. The predicted molar refractivity (Wildman–Crippen MR) is 118 cm³/mol. The number of unbranched alkanes of at least 4 members (excludes halogenated alkanes) is 1. The van der Waals surface area contributed by atoms with Gasteiger partial charge in [-0.1, -0.05) is 19.1 Å². The van der Waals surface area contributed by atoms with E-state index >= 15 is 0 Å². The molecule has 1 heterocycles. The molecule has 0 spiro atoms. The fourth-order valence-corrected chi connectivity index (χ4v) is 3.29. The van der Waals surface area contributed by atoms with Crippen molar-refractivity contribution in [3.8, 4) is 5.75 Å². The van der Waals surface area contributed by atoms with E-state index in [4.69, 9.17) is 4.74 Å². The number of hydrogen-bond acceptors (Lipinski definition) is 4. The number of aryl methyl sites for hydroxylation is 1. The third kappa shape index (κ3) is 8.07. The quantitative estimate of drug-likeness (QED) is 0.366. The Hall–Kier alpha value is -1.79. The molecule has 1 aliphatic rings. The van der Waals surface area contributed by atoms with E-state index in [2.05, 4.69) is 64.5 Å². The topological polar surface area (TPSA) is 52.1 Å². The zero-order valence-corrected chi connectivity index (χ0v) is 18.3. The van der Waals surface area contributed by atoms with Crippen LogP contribution in [0.4, 0.5) is 0 Å². The summed E-state index contributed by atoms with van der Waals surface area (Å²) < 4.78 is 5.90. The predicted octanol–water partition coefficient (Wildman–Crippen LogP) is 2.48. The van der Waals surface area contributed by atoms with Crippen molar-refractivity contribution in [2.75, 3.05) is 60.0 Å². The Labute approximate surface area is 171 Å². The molecule has 0 unspecified atom stereocenters. The zero-order chi connectivity index (χ0) is 20.2. The van der Waals surface area contributed by atoms with Crippen molar-refractivity contribution < 1.29 is 4.74 Å². The minimum Gasteiger partial charge on any atom is -0.493 e. The molecule has 2 rings (SSSR count). The molecule has 0 saturated carbocycles. The molecule has 0 bridgehead atoms. The number of ether oxygens (including phenoxy) is 1. The molecule has 1 fully saturated rings. The molecule has 0 aliphatic carbocycles. The third-order valence-electron chi connectivity index (χ3n) is 5.14. The van der Waals surface area contributed by atoms with Gasteiger partial charge in [0.25, 0.3) is 0 Å². The van der Waals surface area contributed by atoms with Crippen molar-refractivity contribution in [1.82, 2.24) is 20.4 Å². The van der Waals surface area contributed by atoms with Crippen molar-refractivity contribution >= 4 is 5.96 Å². The van der Waals surface area contributed by atoms with Gasteiger partial charge < -0.3 is 25.2 Å². The molecular weight excluding hydrogens is 350 g/mol. The van der Waals surface area contributed by atoms with E-state index in [0.717, 1.165) is 43.3 Å². The first-order chi connectivity index (χ1) is 13.6. The average molecular weight is 390 g/mol. The first-order valence-electron chi connectivity index (χ1n) is 10.7. The van der Waals surface area contributed by atoms with Crippen molar-refractivity contribution in [2.24, 2.45) is 4.99 Å². The second-order valence-corrected chi connectivity index (χ2v) is 7.66. The van der Waals surface area contributed by atoms with Gasteiger partial charge in [-0.2, -0.15) is 0 Å². The van der Waals surface area contributed by atoms with Crippen LogP contribution in [0.5, 0.6) is 5.75 Å². The van der Waals surface area contributed by atoms with Crippen molar-refractivity contribution in [3.05, 3.63) is 29.3 Å². The Morgan fingerprint density at radius 2 is 1.93 bits per heavy atom. The molecule has 1 aromatic carbocycles. The minimum atomic E-state index is 0.709. The molecule has 2 N–H and O–H groups in total. The van der Waals surface area contributed by atoms with Crippen LogP contribution in [-0.2, 0) is 6.54 Å². The molecule has 28 heavy (non-hydrogen) atoms. The van der Waals surface area contributed by atoms with Crippen LogP contribution in [0.2, 0.25) is 0 Å². The van der Waals surface area contributed by atoms with E-state index in [1.807, 2.05) is 7.05 Å². The van der Waals surface area contributed by atoms with E-state index in [1.165, 1.54) is 44.7 Å². The van der Waals surface area contributed by atoms with E-state index < -0.39 is 0 Å². The number of guanidine groups is 1. The Balaban J connectivity index is 1.67. The first-order valence-corrected chi connectivity index (χ1v) is 10.7. The smallest absolute Gasteiger partial charge is 0.191 e. The second-order valence-electron chi connectivity index (χ2n) is 7.66. The summed E-state index contributed by atoms with van der Waals surface area (Å²) in [6.45, 7) is 12.6. The van der Waals surface area contributed by atoms with E-state index in [1.54, 1.807) is 0 Å². The maximum atomic E-state index is 5.90. The van der Waals surface area contributed by atoms with Crippen LogP contribution in [-0.4, -0.2) is 75.7 Å².